The highest BCUT2D eigenvalue weighted by molar-refractivity contribution is 5.81. The zero-order chi connectivity index (χ0) is 21.5. The molecular formula is C25H27N7. The number of imidazole rings is 1. The lowest BCUT2D eigenvalue weighted by molar-refractivity contribution is 0.330. The van der Waals surface area contributed by atoms with Gasteiger partial charge in [-0.25, -0.2) is 9.97 Å². The first-order valence-electron chi connectivity index (χ1n) is 11.4. The Labute approximate surface area is 187 Å². The van der Waals surface area contributed by atoms with E-state index in [4.69, 9.17) is 4.98 Å². The fourth-order valence-electron chi connectivity index (χ4n) is 4.95. The lowest BCUT2D eigenvalue weighted by atomic mass is 10.1. The maximum Gasteiger partial charge on any atom is 0.225 e. The van der Waals surface area contributed by atoms with Crippen LogP contribution < -0.4 is 10.2 Å². The molecule has 7 heteroatoms. The first-order chi connectivity index (χ1) is 15.7. The number of fused-ring (bicyclic) bond motifs is 2. The average molecular weight is 426 g/mol. The summed E-state index contributed by atoms with van der Waals surface area (Å²) in [5.41, 5.74) is 4.48. The molecule has 0 saturated carbocycles. The summed E-state index contributed by atoms with van der Waals surface area (Å²) in [4.78, 5) is 18.9. The fraction of sp³-hybridized carbons (Fsp3) is 0.320. The van der Waals surface area contributed by atoms with Crippen LogP contribution in [0.25, 0.3) is 16.9 Å². The molecule has 2 unspecified atom stereocenters. The molecule has 2 aliphatic heterocycles. The lowest BCUT2D eigenvalue weighted by Gasteiger charge is -2.19. The van der Waals surface area contributed by atoms with Crippen molar-refractivity contribution < 1.29 is 0 Å². The molecule has 4 heterocycles. The van der Waals surface area contributed by atoms with Crippen LogP contribution in [-0.2, 0) is 0 Å². The van der Waals surface area contributed by atoms with Gasteiger partial charge < -0.3 is 10.2 Å². The van der Waals surface area contributed by atoms with Crippen LogP contribution >= 0.6 is 0 Å². The van der Waals surface area contributed by atoms with Gasteiger partial charge in [-0.1, -0.05) is 30.3 Å². The second-order valence-corrected chi connectivity index (χ2v) is 8.77. The summed E-state index contributed by atoms with van der Waals surface area (Å²) in [5, 5.41) is 3.42. The number of aromatic nitrogens is 4. The zero-order valence-electron chi connectivity index (χ0n) is 18.2. The molecule has 2 atom stereocenters. The molecule has 2 saturated heterocycles. The van der Waals surface area contributed by atoms with E-state index in [9.17, 15) is 0 Å². The van der Waals surface area contributed by atoms with Gasteiger partial charge >= 0.3 is 0 Å². The van der Waals surface area contributed by atoms with E-state index in [2.05, 4.69) is 66.9 Å². The standard InChI is InChI=1S/C25H27N7/c1-18(19-6-3-2-4-7-19)28-25-26-12-11-24(29-25)32-16-27-22-10-9-20(14-23(22)32)31-15-21-8-5-13-30(21)17-31/h2-4,6-7,9-12,14,16,18,21H,5,8,13,15,17H2,1H3,(H,26,28,29). The number of benzene rings is 2. The third kappa shape index (κ3) is 3.48. The van der Waals surface area contributed by atoms with E-state index in [1.54, 1.807) is 6.20 Å². The molecule has 32 heavy (non-hydrogen) atoms. The van der Waals surface area contributed by atoms with Gasteiger partial charge in [-0.2, -0.15) is 4.98 Å². The Hall–Kier alpha value is -3.45. The molecule has 1 N–H and O–H groups in total. The minimum atomic E-state index is 0.113. The molecule has 6 rings (SSSR count). The number of hydrogen-bond acceptors (Lipinski definition) is 6. The number of nitrogens with zero attached hydrogens (tertiary/aromatic N) is 6. The highest BCUT2D eigenvalue weighted by Gasteiger charge is 2.33. The molecule has 0 amide bonds. The third-order valence-corrected chi connectivity index (χ3v) is 6.71. The van der Waals surface area contributed by atoms with Gasteiger partial charge in [-0.3, -0.25) is 9.47 Å². The molecule has 2 fully saturated rings. The number of hydrogen-bond donors (Lipinski definition) is 1. The van der Waals surface area contributed by atoms with Crippen LogP contribution in [-0.4, -0.2) is 50.2 Å². The summed E-state index contributed by atoms with van der Waals surface area (Å²) in [5.74, 6) is 1.42. The van der Waals surface area contributed by atoms with E-state index >= 15 is 0 Å². The van der Waals surface area contributed by atoms with Crippen molar-refractivity contribution in [2.24, 2.45) is 0 Å². The van der Waals surface area contributed by atoms with Gasteiger partial charge in [0, 0.05) is 31.0 Å². The Morgan fingerprint density at radius 1 is 1.06 bits per heavy atom. The van der Waals surface area contributed by atoms with Crippen molar-refractivity contribution in [1.29, 1.82) is 0 Å². The van der Waals surface area contributed by atoms with Crippen LogP contribution in [0.15, 0.2) is 67.1 Å². The van der Waals surface area contributed by atoms with Crippen molar-refractivity contribution in [3.8, 4) is 5.82 Å². The molecular weight excluding hydrogens is 398 g/mol. The molecule has 7 nitrogen and oxygen atoms in total. The second kappa shape index (κ2) is 7.91. The summed E-state index contributed by atoms with van der Waals surface area (Å²) in [6.07, 6.45) is 6.29. The van der Waals surface area contributed by atoms with Crippen LogP contribution in [0.4, 0.5) is 11.6 Å². The van der Waals surface area contributed by atoms with Crippen molar-refractivity contribution in [2.45, 2.75) is 31.8 Å². The Balaban J connectivity index is 1.28. The van der Waals surface area contributed by atoms with Gasteiger partial charge in [0.15, 0.2) is 0 Å². The third-order valence-electron chi connectivity index (χ3n) is 6.71. The van der Waals surface area contributed by atoms with E-state index in [0.717, 1.165) is 30.1 Å². The minimum absolute atomic E-state index is 0.113. The van der Waals surface area contributed by atoms with E-state index in [1.807, 2.05) is 30.6 Å². The molecule has 4 aromatic rings. The Morgan fingerprint density at radius 2 is 1.97 bits per heavy atom. The maximum absolute atomic E-state index is 4.78. The SMILES string of the molecule is CC(Nc1nccc(-n2cnc3ccc(N4CC5CCCN5C4)cc32)n1)c1ccccc1. The Morgan fingerprint density at radius 3 is 2.84 bits per heavy atom. The maximum atomic E-state index is 4.78. The second-order valence-electron chi connectivity index (χ2n) is 8.77. The Bertz CT molecular complexity index is 1220. The number of nitrogens with one attached hydrogen (secondary N) is 1. The normalized spacial score (nSPS) is 19.4. The zero-order valence-corrected chi connectivity index (χ0v) is 18.2. The summed E-state index contributed by atoms with van der Waals surface area (Å²) < 4.78 is 2.05. The molecule has 0 spiro atoms. The predicted molar refractivity (Wildman–Crippen MR) is 127 cm³/mol. The van der Waals surface area contributed by atoms with Gasteiger partial charge in [0.05, 0.1) is 23.7 Å². The molecule has 162 valence electrons. The topological polar surface area (TPSA) is 62.1 Å². The van der Waals surface area contributed by atoms with Gasteiger partial charge in [-0.05, 0) is 49.6 Å². The highest BCUT2D eigenvalue weighted by atomic mass is 15.4. The van der Waals surface area contributed by atoms with E-state index in [1.165, 1.54) is 30.6 Å². The van der Waals surface area contributed by atoms with Crippen LogP contribution in [0, 0.1) is 0 Å². The first kappa shape index (κ1) is 19.3. The van der Waals surface area contributed by atoms with Gasteiger partial charge in [0.25, 0.3) is 0 Å². The van der Waals surface area contributed by atoms with Crippen LogP contribution in [0.3, 0.4) is 0 Å². The lowest BCUT2D eigenvalue weighted by Crippen LogP contribution is -2.25. The fourth-order valence-corrected chi connectivity index (χ4v) is 4.95. The van der Waals surface area contributed by atoms with E-state index in [-0.39, 0.29) is 6.04 Å². The van der Waals surface area contributed by atoms with Gasteiger partial charge in [-0.15, -0.1) is 0 Å². The van der Waals surface area contributed by atoms with Crippen molar-refractivity contribution in [1.82, 2.24) is 24.4 Å². The minimum Gasteiger partial charge on any atom is -0.357 e. The van der Waals surface area contributed by atoms with E-state index in [0.29, 0.717) is 12.0 Å². The highest BCUT2D eigenvalue weighted by Crippen LogP contribution is 2.30. The van der Waals surface area contributed by atoms with Gasteiger partial charge in [0.1, 0.15) is 12.1 Å². The Kier molecular flexibility index (Phi) is 4.76. The van der Waals surface area contributed by atoms with Crippen molar-refractivity contribution in [3.63, 3.8) is 0 Å². The molecule has 0 bridgehead atoms. The largest absolute Gasteiger partial charge is 0.357 e. The number of anilines is 2. The molecule has 0 radical (unpaired) electrons. The molecule has 2 aliphatic rings. The van der Waals surface area contributed by atoms with E-state index < -0.39 is 0 Å². The summed E-state index contributed by atoms with van der Waals surface area (Å²) >= 11 is 0. The van der Waals surface area contributed by atoms with Crippen LogP contribution in [0.2, 0.25) is 0 Å². The van der Waals surface area contributed by atoms with Crippen molar-refractivity contribution in [2.75, 3.05) is 30.0 Å². The summed E-state index contributed by atoms with van der Waals surface area (Å²) in [6.45, 7) is 5.47. The summed E-state index contributed by atoms with van der Waals surface area (Å²) in [6, 6.07) is 19.6. The van der Waals surface area contributed by atoms with Crippen LogP contribution in [0.1, 0.15) is 31.4 Å². The quantitative estimate of drug-likeness (QED) is 0.516. The first-order valence-corrected chi connectivity index (χ1v) is 11.4. The monoisotopic (exact) mass is 425 g/mol. The van der Waals surface area contributed by atoms with Crippen molar-refractivity contribution in [3.05, 3.63) is 72.7 Å². The number of rotatable bonds is 5. The van der Waals surface area contributed by atoms with Crippen LogP contribution in [0.5, 0.6) is 0 Å². The molecule has 0 aliphatic carbocycles. The molecule has 2 aromatic carbocycles. The predicted octanol–water partition coefficient (Wildman–Crippen LogP) is 4.23. The smallest absolute Gasteiger partial charge is 0.225 e. The average Bonchev–Trinajstić information content (AvgIpc) is 3.54. The molecule has 2 aromatic heterocycles. The summed E-state index contributed by atoms with van der Waals surface area (Å²) in [7, 11) is 0. The van der Waals surface area contributed by atoms with Crippen molar-refractivity contribution >= 4 is 22.7 Å². The van der Waals surface area contributed by atoms with Gasteiger partial charge in [0.2, 0.25) is 5.95 Å².